The lowest BCUT2D eigenvalue weighted by Gasteiger charge is -2.38. The van der Waals surface area contributed by atoms with Crippen molar-refractivity contribution >= 4 is 29.2 Å². The van der Waals surface area contributed by atoms with Crippen LogP contribution in [-0.2, 0) is 10.3 Å². The van der Waals surface area contributed by atoms with E-state index in [1.165, 1.54) is 18.2 Å². The number of hydrogen-bond donors (Lipinski definition) is 2. The average Bonchev–Trinajstić information content (AvgIpc) is 3.41. The third kappa shape index (κ3) is 2.97. The molecule has 2 heterocycles. The second-order valence-corrected chi connectivity index (χ2v) is 7.63. The van der Waals surface area contributed by atoms with Crippen LogP contribution in [0.1, 0.15) is 35.8 Å². The summed E-state index contributed by atoms with van der Waals surface area (Å²) in [6.07, 6.45) is 2.57. The first-order valence-corrected chi connectivity index (χ1v) is 9.02. The number of ether oxygens (including phenoxy) is 1. The fraction of sp³-hybridized carbons (Fsp3) is 0.316. The minimum Gasteiger partial charge on any atom is -0.465 e. The lowest BCUT2D eigenvalue weighted by Crippen LogP contribution is -2.43. The summed E-state index contributed by atoms with van der Waals surface area (Å²) in [6, 6.07) is 5.21. The number of carbonyl (C=O) groups excluding carboxylic acids is 1. The van der Waals surface area contributed by atoms with Gasteiger partial charge in [0.25, 0.3) is 11.9 Å². The molecule has 1 aliphatic carbocycles. The average molecular weight is 407 g/mol. The summed E-state index contributed by atoms with van der Waals surface area (Å²) in [5, 5.41) is 2.50. The third-order valence-corrected chi connectivity index (χ3v) is 5.78. The van der Waals surface area contributed by atoms with E-state index in [1.54, 1.807) is 0 Å². The Labute approximate surface area is 164 Å². The fourth-order valence-electron chi connectivity index (χ4n) is 3.60. The van der Waals surface area contributed by atoms with E-state index in [-0.39, 0.29) is 22.2 Å². The van der Waals surface area contributed by atoms with Crippen LogP contribution in [0.2, 0.25) is 5.02 Å². The zero-order valence-corrected chi connectivity index (χ0v) is 15.7. The van der Waals surface area contributed by atoms with Crippen molar-refractivity contribution in [3.05, 3.63) is 58.4 Å². The van der Waals surface area contributed by atoms with Gasteiger partial charge in [0, 0.05) is 16.7 Å². The number of rotatable bonds is 3. The molecule has 0 unspecified atom stereocenters. The molecule has 0 radical (unpaired) electrons. The van der Waals surface area contributed by atoms with Crippen LogP contribution in [-0.4, -0.2) is 23.5 Å². The Hall–Kier alpha value is -2.74. The van der Waals surface area contributed by atoms with Crippen LogP contribution in [0, 0.1) is 17.0 Å². The van der Waals surface area contributed by atoms with Gasteiger partial charge in [-0.15, -0.1) is 0 Å². The Morgan fingerprint density at radius 1 is 1.32 bits per heavy atom. The number of benzene rings is 1. The second-order valence-electron chi connectivity index (χ2n) is 7.22. The molecule has 3 N–H and O–H groups in total. The number of anilines is 1. The van der Waals surface area contributed by atoms with Crippen molar-refractivity contribution in [1.29, 1.82) is 0 Å². The molecule has 2 aromatic rings. The Bertz CT molecular complexity index is 1010. The van der Waals surface area contributed by atoms with Crippen LogP contribution >= 0.6 is 11.6 Å². The van der Waals surface area contributed by atoms with Gasteiger partial charge in [-0.3, -0.25) is 4.79 Å². The summed E-state index contributed by atoms with van der Waals surface area (Å²) >= 11 is 5.88. The number of amidine groups is 1. The molecule has 9 heteroatoms. The Morgan fingerprint density at radius 3 is 2.75 bits per heavy atom. The standard InChI is InChI=1S/C19H17ClF2N4O2/c1-18(19(4-5-19)9-28-17(23)26-18)12-7-11(2-3-14(12)22)25-16(27)15-13(20)6-10(21)8-24-15/h2-3,6-8H,4-5,9H2,1H3,(H2,23,26)(H,25,27)/t18-/m1/s1. The highest BCUT2D eigenvalue weighted by atomic mass is 35.5. The number of aromatic nitrogens is 1. The van der Waals surface area contributed by atoms with Crippen molar-refractivity contribution in [1.82, 2.24) is 4.98 Å². The van der Waals surface area contributed by atoms with Crippen molar-refractivity contribution in [2.24, 2.45) is 16.1 Å². The Kier molecular flexibility index (Phi) is 4.26. The molecule has 1 aliphatic heterocycles. The van der Waals surface area contributed by atoms with Gasteiger partial charge in [-0.1, -0.05) is 11.6 Å². The van der Waals surface area contributed by atoms with Gasteiger partial charge < -0.3 is 15.8 Å². The van der Waals surface area contributed by atoms with E-state index in [0.717, 1.165) is 25.1 Å². The summed E-state index contributed by atoms with van der Waals surface area (Å²) in [7, 11) is 0. The first-order chi connectivity index (χ1) is 13.2. The number of amides is 1. The fourth-order valence-corrected chi connectivity index (χ4v) is 3.84. The van der Waals surface area contributed by atoms with Crippen LogP contribution in [0.15, 0.2) is 35.5 Å². The molecular weight excluding hydrogens is 390 g/mol. The zero-order valence-electron chi connectivity index (χ0n) is 14.9. The lowest BCUT2D eigenvalue weighted by atomic mass is 9.76. The Balaban J connectivity index is 1.68. The normalized spacial score (nSPS) is 22.4. The third-order valence-electron chi connectivity index (χ3n) is 5.49. The summed E-state index contributed by atoms with van der Waals surface area (Å²) in [5.74, 6) is -1.74. The SMILES string of the molecule is C[C@]1(c2cc(NC(=O)c3ncc(F)cc3Cl)ccc2F)N=C(N)OCC12CC2. The van der Waals surface area contributed by atoms with Crippen LogP contribution in [0.4, 0.5) is 14.5 Å². The van der Waals surface area contributed by atoms with Gasteiger partial charge in [0.05, 0.1) is 17.8 Å². The maximum absolute atomic E-state index is 14.7. The lowest BCUT2D eigenvalue weighted by molar-refractivity contribution is 0.102. The van der Waals surface area contributed by atoms with Gasteiger partial charge in [-0.2, -0.15) is 0 Å². The molecule has 0 saturated heterocycles. The molecule has 1 amide bonds. The molecule has 1 saturated carbocycles. The minimum atomic E-state index is -0.911. The topological polar surface area (TPSA) is 89.6 Å². The first kappa shape index (κ1) is 18.6. The zero-order chi connectivity index (χ0) is 20.1. The molecular formula is C19H17ClF2N4O2. The highest BCUT2D eigenvalue weighted by Crippen LogP contribution is 2.62. The molecule has 28 heavy (non-hydrogen) atoms. The van der Waals surface area contributed by atoms with Gasteiger partial charge in [0.1, 0.15) is 22.9 Å². The van der Waals surface area contributed by atoms with Crippen LogP contribution in [0.5, 0.6) is 0 Å². The van der Waals surface area contributed by atoms with Crippen LogP contribution in [0.25, 0.3) is 0 Å². The number of nitrogens with zero attached hydrogens (tertiary/aromatic N) is 2. The van der Waals surface area contributed by atoms with Crippen molar-refractivity contribution in [2.75, 3.05) is 11.9 Å². The summed E-state index contributed by atoms with van der Waals surface area (Å²) in [6.45, 7) is 2.18. The van der Waals surface area contributed by atoms with E-state index in [1.807, 2.05) is 6.92 Å². The summed E-state index contributed by atoms with van der Waals surface area (Å²) in [5.41, 5.74) is 5.04. The van der Waals surface area contributed by atoms with Gasteiger partial charge >= 0.3 is 0 Å². The minimum absolute atomic E-state index is 0.0103. The predicted octanol–water partition coefficient (Wildman–Crippen LogP) is 3.61. The summed E-state index contributed by atoms with van der Waals surface area (Å²) < 4.78 is 33.2. The van der Waals surface area contributed by atoms with Gasteiger partial charge in [-0.05, 0) is 44.0 Å². The maximum atomic E-state index is 14.7. The summed E-state index contributed by atoms with van der Waals surface area (Å²) in [4.78, 5) is 20.6. The monoisotopic (exact) mass is 406 g/mol. The number of pyridine rings is 1. The quantitative estimate of drug-likeness (QED) is 0.814. The van der Waals surface area contributed by atoms with E-state index in [4.69, 9.17) is 22.1 Å². The van der Waals surface area contributed by atoms with Crippen molar-refractivity contribution in [3.63, 3.8) is 0 Å². The number of hydrogen-bond acceptors (Lipinski definition) is 5. The molecule has 6 nitrogen and oxygen atoms in total. The molecule has 2 aliphatic rings. The molecule has 1 spiro atoms. The van der Waals surface area contributed by atoms with E-state index < -0.39 is 23.1 Å². The molecule has 146 valence electrons. The first-order valence-electron chi connectivity index (χ1n) is 8.65. The molecule has 1 aromatic carbocycles. The number of carbonyl (C=O) groups is 1. The molecule has 1 fully saturated rings. The smallest absolute Gasteiger partial charge is 0.282 e. The van der Waals surface area contributed by atoms with Crippen molar-refractivity contribution < 1.29 is 18.3 Å². The largest absolute Gasteiger partial charge is 0.465 e. The molecule has 1 atom stereocenters. The van der Waals surface area contributed by atoms with Gasteiger partial charge in [-0.25, -0.2) is 18.8 Å². The van der Waals surface area contributed by atoms with E-state index in [9.17, 15) is 13.6 Å². The van der Waals surface area contributed by atoms with E-state index >= 15 is 0 Å². The number of nitrogens with two attached hydrogens (primary N) is 1. The van der Waals surface area contributed by atoms with Crippen molar-refractivity contribution in [2.45, 2.75) is 25.3 Å². The van der Waals surface area contributed by atoms with Crippen LogP contribution in [0.3, 0.4) is 0 Å². The number of nitrogens with one attached hydrogen (secondary N) is 1. The number of halogens is 3. The maximum Gasteiger partial charge on any atom is 0.282 e. The molecule has 0 bridgehead atoms. The van der Waals surface area contributed by atoms with Gasteiger partial charge in [0.2, 0.25) is 0 Å². The molecule has 1 aromatic heterocycles. The molecule has 4 rings (SSSR count). The second kappa shape index (κ2) is 6.41. The Morgan fingerprint density at radius 2 is 2.07 bits per heavy atom. The predicted molar refractivity (Wildman–Crippen MR) is 100 cm³/mol. The van der Waals surface area contributed by atoms with Gasteiger partial charge in [0.15, 0.2) is 0 Å². The van der Waals surface area contributed by atoms with E-state index in [2.05, 4.69) is 15.3 Å². The highest BCUT2D eigenvalue weighted by Gasteiger charge is 2.61. The number of aliphatic imine (C=N–C) groups is 1. The van der Waals surface area contributed by atoms with Crippen molar-refractivity contribution in [3.8, 4) is 0 Å². The van der Waals surface area contributed by atoms with E-state index in [0.29, 0.717) is 17.9 Å². The van der Waals surface area contributed by atoms with Crippen LogP contribution < -0.4 is 11.1 Å². The highest BCUT2D eigenvalue weighted by molar-refractivity contribution is 6.34.